The van der Waals surface area contributed by atoms with Crippen molar-refractivity contribution in [2.24, 2.45) is 0 Å². The standard InChI is InChI=1S/C29H41N3O6/c1-8-17-32(24(25(35)31-28(2,3)4)21-11-9-10-12-23(21)34)26(36)22(30-27(37)38-29(5,6)7)18-19-13-15-20(33)16-14-19/h9-16,22,24,33-34H,8,17-18H2,1-7H3,(H,30,37)(H,31,35). The van der Waals surface area contributed by atoms with Gasteiger partial charge in [-0.1, -0.05) is 37.3 Å². The van der Waals surface area contributed by atoms with E-state index in [4.69, 9.17) is 4.74 Å². The Morgan fingerprint density at radius 3 is 2.08 bits per heavy atom. The van der Waals surface area contributed by atoms with Crippen LogP contribution in [0.15, 0.2) is 48.5 Å². The highest BCUT2D eigenvalue weighted by Gasteiger charge is 2.38. The number of aromatic hydroxyl groups is 2. The molecule has 9 nitrogen and oxygen atoms in total. The van der Waals surface area contributed by atoms with Crippen LogP contribution in [0.4, 0.5) is 4.79 Å². The number of phenols is 2. The van der Waals surface area contributed by atoms with Crippen molar-refractivity contribution in [3.8, 4) is 11.5 Å². The molecule has 3 amide bonds. The minimum atomic E-state index is -1.15. The van der Waals surface area contributed by atoms with Gasteiger partial charge in [-0.2, -0.15) is 0 Å². The van der Waals surface area contributed by atoms with Crippen molar-refractivity contribution in [3.05, 3.63) is 59.7 Å². The lowest BCUT2D eigenvalue weighted by Crippen LogP contribution is -2.55. The molecule has 0 radical (unpaired) electrons. The van der Waals surface area contributed by atoms with Crippen LogP contribution in [0.1, 0.15) is 72.1 Å². The van der Waals surface area contributed by atoms with Gasteiger partial charge in [0, 0.05) is 24.1 Å². The Bertz CT molecular complexity index is 1100. The van der Waals surface area contributed by atoms with Crippen molar-refractivity contribution >= 4 is 17.9 Å². The van der Waals surface area contributed by atoms with E-state index in [-0.39, 0.29) is 30.0 Å². The summed E-state index contributed by atoms with van der Waals surface area (Å²) < 4.78 is 5.41. The van der Waals surface area contributed by atoms with Gasteiger partial charge in [0.15, 0.2) is 0 Å². The van der Waals surface area contributed by atoms with Crippen molar-refractivity contribution in [1.82, 2.24) is 15.5 Å². The highest BCUT2D eigenvalue weighted by molar-refractivity contribution is 5.93. The third-order valence-corrected chi connectivity index (χ3v) is 5.40. The number of alkyl carbamates (subject to hydrolysis) is 1. The number of hydrogen-bond donors (Lipinski definition) is 4. The number of phenolic OH excluding ortho intramolecular Hbond substituents is 2. The van der Waals surface area contributed by atoms with E-state index >= 15 is 0 Å². The van der Waals surface area contributed by atoms with Crippen LogP contribution in [0.3, 0.4) is 0 Å². The SMILES string of the molecule is CCCN(C(=O)C(Cc1ccc(O)cc1)NC(=O)OC(C)(C)C)C(C(=O)NC(C)(C)C)c1ccccc1O. The number of ether oxygens (including phenoxy) is 1. The summed E-state index contributed by atoms with van der Waals surface area (Å²) in [5.41, 5.74) is -0.422. The third-order valence-electron chi connectivity index (χ3n) is 5.40. The van der Waals surface area contributed by atoms with Crippen LogP contribution in [0.25, 0.3) is 0 Å². The molecule has 0 bridgehead atoms. The molecule has 0 saturated heterocycles. The smallest absolute Gasteiger partial charge is 0.408 e. The zero-order chi connectivity index (χ0) is 28.7. The van der Waals surface area contributed by atoms with Gasteiger partial charge in [0.25, 0.3) is 0 Å². The van der Waals surface area contributed by atoms with Gasteiger partial charge in [-0.3, -0.25) is 9.59 Å². The van der Waals surface area contributed by atoms with Crippen LogP contribution in [0.2, 0.25) is 0 Å². The number of benzene rings is 2. The summed E-state index contributed by atoms with van der Waals surface area (Å²) in [6, 6.07) is 10.5. The zero-order valence-electron chi connectivity index (χ0n) is 23.4. The number of nitrogens with one attached hydrogen (secondary N) is 2. The lowest BCUT2D eigenvalue weighted by Gasteiger charge is -2.36. The molecule has 38 heavy (non-hydrogen) atoms. The molecule has 0 heterocycles. The van der Waals surface area contributed by atoms with Crippen molar-refractivity contribution in [3.63, 3.8) is 0 Å². The quantitative estimate of drug-likeness (QED) is 0.382. The topological polar surface area (TPSA) is 128 Å². The highest BCUT2D eigenvalue weighted by atomic mass is 16.6. The molecule has 2 rings (SSSR count). The first-order valence-corrected chi connectivity index (χ1v) is 12.8. The highest BCUT2D eigenvalue weighted by Crippen LogP contribution is 2.30. The summed E-state index contributed by atoms with van der Waals surface area (Å²) in [6.45, 7) is 12.7. The average Bonchev–Trinajstić information content (AvgIpc) is 2.78. The molecule has 0 aromatic heterocycles. The van der Waals surface area contributed by atoms with E-state index in [9.17, 15) is 24.6 Å². The number of nitrogens with zero attached hydrogens (tertiary/aromatic N) is 1. The van der Waals surface area contributed by atoms with Crippen molar-refractivity contribution in [2.45, 2.75) is 84.5 Å². The minimum absolute atomic E-state index is 0.0720. The lowest BCUT2D eigenvalue weighted by molar-refractivity contribution is -0.143. The van der Waals surface area contributed by atoms with E-state index in [0.29, 0.717) is 12.0 Å². The van der Waals surface area contributed by atoms with E-state index in [2.05, 4.69) is 10.6 Å². The van der Waals surface area contributed by atoms with Crippen molar-refractivity contribution in [2.75, 3.05) is 6.54 Å². The van der Waals surface area contributed by atoms with Crippen LogP contribution >= 0.6 is 0 Å². The molecule has 0 fully saturated rings. The Morgan fingerprint density at radius 2 is 1.55 bits per heavy atom. The fourth-order valence-corrected chi connectivity index (χ4v) is 3.93. The maximum absolute atomic E-state index is 14.1. The summed E-state index contributed by atoms with van der Waals surface area (Å²) in [5, 5.41) is 25.9. The van der Waals surface area contributed by atoms with Gasteiger partial charge in [-0.25, -0.2) is 4.79 Å². The van der Waals surface area contributed by atoms with E-state index in [0.717, 1.165) is 0 Å². The third kappa shape index (κ3) is 9.28. The summed E-state index contributed by atoms with van der Waals surface area (Å²) in [5.74, 6) is -1.02. The molecular formula is C29H41N3O6. The Morgan fingerprint density at radius 1 is 0.947 bits per heavy atom. The molecule has 0 aliphatic rings. The molecule has 9 heteroatoms. The molecule has 2 unspecified atom stereocenters. The predicted molar refractivity (Wildman–Crippen MR) is 146 cm³/mol. The van der Waals surface area contributed by atoms with E-state index in [1.807, 2.05) is 27.7 Å². The molecule has 0 aliphatic carbocycles. The monoisotopic (exact) mass is 527 g/mol. The Balaban J connectivity index is 2.55. The summed E-state index contributed by atoms with van der Waals surface area (Å²) in [7, 11) is 0. The van der Waals surface area contributed by atoms with Crippen LogP contribution in [0.5, 0.6) is 11.5 Å². The van der Waals surface area contributed by atoms with Gasteiger partial charge >= 0.3 is 6.09 Å². The second kappa shape index (κ2) is 12.7. The lowest BCUT2D eigenvalue weighted by atomic mass is 9.98. The second-order valence-electron chi connectivity index (χ2n) is 11.3. The zero-order valence-corrected chi connectivity index (χ0v) is 23.4. The Kier molecular flexibility index (Phi) is 10.2. The molecule has 2 atom stereocenters. The van der Waals surface area contributed by atoms with Gasteiger partial charge < -0.3 is 30.5 Å². The normalized spacial score (nSPS) is 13.2. The first-order chi connectivity index (χ1) is 17.6. The Hall–Kier alpha value is -3.75. The number of amides is 3. The maximum Gasteiger partial charge on any atom is 0.408 e. The van der Waals surface area contributed by atoms with Gasteiger partial charge in [0.05, 0.1) is 0 Å². The first kappa shape index (κ1) is 30.5. The van der Waals surface area contributed by atoms with Crippen molar-refractivity contribution < 1.29 is 29.3 Å². The van der Waals surface area contributed by atoms with Crippen LogP contribution in [0, 0.1) is 0 Å². The molecule has 0 saturated carbocycles. The summed E-state index contributed by atoms with van der Waals surface area (Å²) >= 11 is 0. The van der Waals surface area contributed by atoms with E-state index < -0.39 is 41.1 Å². The fraction of sp³-hybridized carbons (Fsp3) is 0.483. The molecule has 2 aromatic carbocycles. The predicted octanol–water partition coefficient (Wildman–Crippen LogP) is 4.43. The summed E-state index contributed by atoms with van der Waals surface area (Å²) in [4.78, 5) is 41.9. The van der Waals surface area contributed by atoms with Crippen LogP contribution in [-0.4, -0.2) is 56.7 Å². The fourth-order valence-electron chi connectivity index (χ4n) is 3.93. The maximum atomic E-state index is 14.1. The molecule has 2 aromatic rings. The van der Waals surface area contributed by atoms with E-state index in [1.165, 1.54) is 23.1 Å². The minimum Gasteiger partial charge on any atom is -0.508 e. The number of hydrogen-bond acceptors (Lipinski definition) is 6. The van der Waals surface area contributed by atoms with Crippen LogP contribution in [-0.2, 0) is 20.7 Å². The van der Waals surface area contributed by atoms with Gasteiger partial charge in [-0.05, 0) is 71.7 Å². The molecule has 0 spiro atoms. The largest absolute Gasteiger partial charge is 0.508 e. The number of carbonyl (C=O) groups excluding carboxylic acids is 3. The molecule has 0 aliphatic heterocycles. The Labute approximate surface area is 225 Å². The van der Waals surface area contributed by atoms with Crippen molar-refractivity contribution in [1.29, 1.82) is 0 Å². The number of rotatable bonds is 9. The number of para-hydroxylation sites is 1. The molecular weight excluding hydrogens is 486 g/mol. The first-order valence-electron chi connectivity index (χ1n) is 12.8. The van der Waals surface area contributed by atoms with Gasteiger partial charge in [0.1, 0.15) is 29.2 Å². The average molecular weight is 528 g/mol. The summed E-state index contributed by atoms with van der Waals surface area (Å²) in [6.07, 6.45) is -0.159. The van der Waals surface area contributed by atoms with Gasteiger partial charge in [-0.15, -0.1) is 0 Å². The number of carbonyl (C=O) groups is 3. The van der Waals surface area contributed by atoms with Gasteiger partial charge in [0.2, 0.25) is 11.8 Å². The van der Waals surface area contributed by atoms with Crippen LogP contribution < -0.4 is 10.6 Å². The molecule has 208 valence electrons. The van der Waals surface area contributed by atoms with E-state index in [1.54, 1.807) is 51.1 Å². The second-order valence-corrected chi connectivity index (χ2v) is 11.3. The molecule has 4 N–H and O–H groups in total.